The second-order valence-corrected chi connectivity index (χ2v) is 5.83. The molecule has 0 aliphatic carbocycles. The van der Waals surface area contributed by atoms with Crippen LogP contribution in [0.25, 0.3) is 11.1 Å². The Bertz CT molecular complexity index is 808. The van der Waals surface area contributed by atoms with E-state index in [1.54, 1.807) is 20.0 Å². The number of anilines is 1. The first-order valence-corrected chi connectivity index (χ1v) is 7.40. The number of carbonyl (C=O) groups excluding carboxylic acids is 1. The molecule has 0 aliphatic heterocycles. The number of amides is 1. The van der Waals surface area contributed by atoms with Crippen molar-refractivity contribution in [1.29, 1.82) is 5.26 Å². The number of nitrogens with zero attached hydrogens (tertiary/aromatic N) is 2. The van der Waals surface area contributed by atoms with Gasteiger partial charge in [0.1, 0.15) is 6.07 Å². The highest BCUT2D eigenvalue weighted by atomic mass is 16.2. The number of carbonyl (C=O) groups is 1. The van der Waals surface area contributed by atoms with Gasteiger partial charge in [-0.25, -0.2) is 0 Å². The lowest BCUT2D eigenvalue weighted by molar-refractivity contribution is -0.114. The average Bonchev–Trinajstić information content (AvgIpc) is 2.51. The lowest BCUT2D eigenvalue weighted by atomic mass is 9.95. The molecule has 0 atom stereocenters. The van der Waals surface area contributed by atoms with Crippen molar-refractivity contribution in [2.24, 2.45) is 0 Å². The minimum Gasteiger partial charge on any atom is -0.310 e. The molecule has 0 spiro atoms. The molecule has 0 saturated carbocycles. The van der Waals surface area contributed by atoms with E-state index >= 15 is 0 Å². The molecule has 2 rings (SSSR count). The van der Waals surface area contributed by atoms with Gasteiger partial charge in [0.2, 0.25) is 0 Å². The van der Waals surface area contributed by atoms with Crippen LogP contribution in [0.15, 0.2) is 48.6 Å². The van der Waals surface area contributed by atoms with Gasteiger partial charge in [-0.1, -0.05) is 48.0 Å². The van der Waals surface area contributed by atoms with Gasteiger partial charge in [0.05, 0.1) is 11.3 Å². The molecule has 0 N–H and O–H groups in total. The maximum absolute atomic E-state index is 12.2. The molecule has 0 bridgehead atoms. The van der Waals surface area contributed by atoms with Crippen LogP contribution in [0.2, 0.25) is 0 Å². The van der Waals surface area contributed by atoms with Gasteiger partial charge in [0, 0.05) is 18.2 Å². The molecular weight excluding hydrogens is 284 g/mol. The van der Waals surface area contributed by atoms with Crippen molar-refractivity contribution in [3.8, 4) is 17.2 Å². The van der Waals surface area contributed by atoms with Crippen molar-refractivity contribution in [3.63, 3.8) is 0 Å². The van der Waals surface area contributed by atoms with E-state index < -0.39 is 0 Å². The second-order valence-electron chi connectivity index (χ2n) is 5.83. The highest BCUT2D eigenvalue weighted by molar-refractivity contribution is 6.05. The highest BCUT2D eigenvalue weighted by Gasteiger charge is 2.18. The van der Waals surface area contributed by atoms with Gasteiger partial charge in [-0.3, -0.25) is 4.79 Å². The van der Waals surface area contributed by atoms with Crippen LogP contribution in [0, 0.1) is 25.2 Å². The summed E-state index contributed by atoms with van der Waals surface area (Å²) in [4.78, 5) is 13.7. The van der Waals surface area contributed by atoms with Crippen molar-refractivity contribution in [3.05, 3.63) is 65.2 Å². The molecule has 0 heterocycles. The first kappa shape index (κ1) is 16.5. The number of benzene rings is 2. The van der Waals surface area contributed by atoms with E-state index in [1.165, 1.54) is 4.90 Å². The lowest BCUT2D eigenvalue weighted by Gasteiger charge is -2.20. The van der Waals surface area contributed by atoms with Crippen LogP contribution >= 0.6 is 0 Å². The monoisotopic (exact) mass is 304 g/mol. The van der Waals surface area contributed by atoms with E-state index in [9.17, 15) is 10.1 Å². The predicted molar refractivity (Wildman–Crippen MR) is 94.3 cm³/mol. The van der Waals surface area contributed by atoms with Crippen LogP contribution in [0.1, 0.15) is 23.6 Å². The number of aryl methyl sites for hydroxylation is 2. The molecule has 116 valence electrons. The van der Waals surface area contributed by atoms with Crippen molar-refractivity contribution in [1.82, 2.24) is 0 Å². The summed E-state index contributed by atoms with van der Waals surface area (Å²) in [7, 11) is 1.67. The third kappa shape index (κ3) is 3.32. The average molecular weight is 304 g/mol. The third-order valence-electron chi connectivity index (χ3n) is 3.72. The number of rotatable bonds is 3. The van der Waals surface area contributed by atoms with E-state index in [0.29, 0.717) is 16.8 Å². The van der Waals surface area contributed by atoms with Crippen LogP contribution in [0.5, 0.6) is 0 Å². The zero-order valence-corrected chi connectivity index (χ0v) is 14.0. The Morgan fingerprint density at radius 1 is 1.17 bits per heavy atom. The van der Waals surface area contributed by atoms with Crippen LogP contribution in [0.3, 0.4) is 0 Å². The summed E-state index contributed by atoms with van der Waals surface area (Å²) < 4.78 is 0. The molecule has 0 aromatic heterocycles. The fourth-order valence-corrected chi connectivity index (χ4v) is 2.70. The Hall–Kier alpha value is -2.86. The van der Waals surface area contributed by atoms with Crippen LogP contribution < -0.4 is 4.90 Å². The molecule has 0 fully saturated rings. The second kappa shape index (κ2) is 6.50. The van der Waals surface area contributed by atoms with E-state index in [2.05, 4.69) is 18.7 Å². The molecule has 0 unspecified atom stereocenters. The summed E-state index contributed by atoms with van der Waals surface area (Å²) >= 11 is 0. The molecule has 23 heavy (non-hydrogen) atoms. The van der Waals surface area contributed by atoms with E-state index in [-0.39, 0.29) is 5.91 Å². The summed E-state index contributed by atoms with van der Waals surface area (Å²) in [5.74, 6) is -0.195. The van der Waals surface area contributed by atoms with Gasteiger partial charge >= 0.3 is 0 Å². The van der Waals surface area contributed by atoms with E-state index in [4.69, 9.17) is 0 Å². The van der Waals surface area contributed by atoms with Crippen molar-refractivity contribution < 1.29 is 4.79 Å². The molecular formula is C20H20N2O. The van der Waals surface area contributed by atoms with Gasteiger partial charge in [0.25, 0.3) is 5.91 Å². The number of hydrogen-bond acceptors (Lipinski definition) is 2. The summed E-state index contributed by atoms with van der Waals surface area (Å²) in [5.41, 5.74) is 5.62. The van der Waals surface area contributed by atoms with Gasteiger partial charge < -0.3 is 4.90 Å². The molecule has 1 amide bonds. The SMILES string of the molecule is C=C(C)C(=O)N(C)c1cccc(-c2cc(C)cc(C)c2)c1C#N. The number of nitriles is 1. The molecule has 0 aliphatic rings. The number of likely N-dealkylation sites (N-methyl/N-ethyl adjacent to an activating group) is 1. The molecule has 0 radical (unpaired) electrons. The Kier molecular flexibility index (Phi) is 4.66. The maximum atomic E-state index is 12.2. The third-order valence-corrected chi connectivity index (χ3v) is 3.72. The Morgan fingerprint density at radius 3 is 2.30 bits per heavy atom. The van der Waals surface area contributed by atoms with Gasteiger partial charge in [-0.15, -0.1) is 0 Å². The number of hydrogen-bond donors (Lipinski definition) is 0. The van der Waals surface area contributed by atoms with Gasteiger partial charge in [0.15, 0.2) is 0 Å². The fraction of sp³-hybridized carbons (Fsp3) is 0.200. The van der Waals surface area contributed by atoms with E-state index in [1.807, 2.05) is 38.1 Å². The summed E-state index contributed by atoms with van der Waals surface area (Å²) in [5, 5.41) is 9.66. The molecule has 3 heteroatoms. The standard InChI is InChI=1S/C20H20N2O/c1-13(2)20(23)22(5)19-8-6-7-17(18(19)12-21)16-10-14(3)9-15(4)11-16/h6-11H,1H2,2-5H3. The van der Waals surface area contributed by atoms with Crippen molar-refractivity contribution in [2.45, 2.75) is 20.8 Å². The first-order chi connectivity index (χ1) is 10.8. The van der Waals surface area contributed by atoms with Crippen molar-refractivity contribution in [2.75, 3.05) is 11.9 Å². The molecule has 3 nitrogen and oxygen atoms in total. The zero-order chi connectivity index (χ0) is 17.1. The Labute approximate surface area is 137 Å². The normalized spacial score (nSPS) is 10.0. The highest BCUT2D eigenvalue weighted by Crippen LogP contribution is 2.32. The predicted octanol–water partition coefficient (Wildman–Crippen LogP) is 4.38. The summed E-state index contributed by atoms with van der Waals surface area (Å²) in [6, 6.07) is 14.0. The molecule has 2 aromatic rings. The largest absolute Gasteiger partial charge is 0.310 e. The minimum absolute atomic E-state index is 0.195. The quantitative estimate of drug-likeness (QED) is 0.790. The van der Waals surface area contributed by atoms with Crippen LogP contribution in [-0.4, -0.2) is 13.0 Å². The Balaban J connectivity index is 2.64. The summed E-state index contributed by atoms with van der Waals surface area (Å²) in [6.45, 7) is 9.41. The van der Waals surface area contributed by atoms with Gasteiger partial charge in [-0.05, 0) is 32.4 Å². The minimum atomic E-state index is -0.195. The van der Waals surface area contributed by atoms with Gasteiger partial charge in [-0.2, -0.15) is 5.26 Å². The van der Waals surface area contributed by atoms with Crippen LogP contribution in [0.4, 0.5) is 5.69 Å². The van der Waals surface area contributed by atoms with Crippen LogP contribution in [-0.2, 0) is 4.79 Å². The smallest absolute Gasteiger partial charge is 0.253 e. The fourth-order valence-electron chi connectivity index (χ4n) is 2.70. The molecule has 2 aromatic carbocycles. The zero-order valence-electron chi connectivity index (χ0n) is 14.0. The first-order valence-electron chi connectivity index (χ1n) is 7.40. The summed E-state index contributed by atoms with van der Waals surface area (Å²) in [6.07, 6.45) is 0. The topological polar surface area (TPSA) is 44.1 Å². The lowest BCUT2D eigenvalue weighted by Crippen LogP contribution is -2.27. The van der Waals surface area contributed by atoms with E-state index in [0.717, 1.165) is 22.3 Å². The maximum Gasteiger partial charge on any atom is 0.253 e. The van der Waals surface area contributed by atoms with Crippen molar-refractivity contribution >= 4 is 11.6 Å². The Morgan fingerprint density at radius 2 is 1.78 bits per heavy atom. The molecule has 0 saturated heterocycles.